The minimum absolute atomic E-state index is 0.220. The SMILES string of the molecule is NN1CCCC12CCCOC2. The molecule has 1 atom stereocenters. The van der Waals surface area contributed by atoms with Gasteiger partial charge in [0.25, 0.3) is 0 Å². The van der Waals surface area contributed by atoms with E-state index in [1.54, 1.807) is 0 Å². The van der Waals surface area contributed by atoms with Gasteiger partial charge in [-0.15, -0.1) is 0 Å². The van der Waals surface area contributed by atoms with Crippen molar-refractivity contribution in [3.63, 3.8) is 0 Å². The molecule has 0 aromatic heterocycles. The Hall–Kier alpha value is -0.120. The first-order valence-corrected chi connectivity index (χ1v) is 4.44. The van der Waals surface area contributed by atoms with E-state index in [4.69, 9.17) is 10.6 Å². The standard InChI is InChI=1S/C8H16N2O/c9-10-5-1-3-8(10)4-2-6-11-7-8/h1-7,9H2. The third-order valence-electron chi connectivity index (χ3n) is 2.95. The topological polar surface area (TPSA) is 38.5 Å². The third-order valence-corrected chi connectivity index (χ3v) is 2.95. The van der Waals surface area contributed by atoms with Gasteiger partial charge in [-0.3, -0.25) is 5.84 Å². The zero-order chi connectivity index (χ0) is 7.73. The minimum atomic E-state index is 0.220. The molecule has 0 radical (unpaired) electrons. The van der Waals surface area contributed by atoms with Crippen molar-refractivity contribution in [3.05, 3.63) is 0 Å². The second kappa shape index (κ2) is 2.73. The molecule has 0 aliphatic carbocycles. The van der Waals surface area contributed by atoms with Crippen LogP contribution in [0.4, 0.5) is 0 Å². The average molecular weight is 156 g/mol. The molecule has 0 bridgehead atoms. The Bertz CT molecular complexity index is 143. The summed E-state index contributed by atoms with van der Waals surface area (Å²) in [5, 5.41) is 1.99. The van der Waals surface area contributed by atoms with Gasteiger partial charge in [-0.25, -0.2) is 5.01 Å². The van der Waals surface area contributed by atoms with Gasteiger partial charge in [0, 0.05) is 13.2 Å². The van der Waals surface area contributed by atoms with Gasteiger partial charge in [0.2, 0.25) is 0 Å². The van der Waals surface area contributed by atoms with Crippen LogP contribution in [-0.4, -0.2) is 30.3 Å². The number of nitrogens with two attached hydrogens (primary N) is 1. The van der Waals surface area contributed by atoms with E-state index >= 15 is 0 Å². The fraction of sp³-hybridized carbons (Fsp3) is 1.00. The molecule has 2 heterocycles. The van der Waals surface area contributed by atoms with Gasteiger partial charge >= 0.3 is 0 Å². The Morgan fingerprint density at radius 1 is 1.27 bits per heavy atom. The average Bonchev–Trinajstić information content (AvgIpc) is 2.36. The van der Waals surface area contributed by atoms with Crippen LogP contribution in [-0.2, 0) is 4.74 Å². The van der Waals surface area contributed by atoms with Crippen molar-refractivity contribution in [2.24, 2.45) is 5.84 Å². The van der Waals surface area contributed by atoms with Crippen LogP contribution in [0.3, 0.4) is 0 Å². The van der Waals surface area contributed by atoms with Crippen molar-refractivity contribution < 1.29 is 4.74 Å². The quantitative estimate of drug-likeness (QED) is 0.519. The molecule has 2 aliphatic rings. The molecule has 0 aromatic carbocycles. The monoisotopic (exact) mass is 156 g/mol. The Labute approximate surface area is 67.5 Å². The van der Waals surface area contributed by atoms with E-state index in [1.165, 1.54) is 25.7 Å². The van der Waals surface area contributed by atoms with Crippen LogP contribution in [0.15, 0.2) is 0 Å². The van der Waals surface area contributed by atoms with Crippen molar-refractivity contribution in [2.75, 3.05) is 19.8 Å². The summed E-state index contributed by atoms with van der Waals surface area (Å²) < 4.78 is 5.46. The molecule has 11 heavy (non-hydrogen) atoms. The Balaban J connectivity index is 2.06. The highest BCUT2D eigenvalue weighted by molar-refractivity contribution is 4.94. The first kappa shape index (κ1) is 7.53. The zero-order valence-electron chi connectivity index (χ0n) is 6.88. The number of hydrogen-bond acceptors (Lipinski definition) is 3. The summed E-state index contributed by atoms with van der Waals surface area (Å²) in [7, 11) is 0. The van der Waals surface area contributed by atoms with Crippen molar-refractivity contribution in [2.45, 2.75) is 31.2 Å². The minimum Gasteiger partial charge on any atom is -0.379 e. The second-order valence-corrected chi connectivity index (χ2v) is 3.68. The Morgan fingerprint density at radius 3 is 2.64 bits per heavy atom. The van der Waals surface area contributed by atoms with E-state index in [0.717, 1.165) is 19.8 Å². The van der Waals surface area contributed by atoms with E-state index < -0.39 is 0 Å². The highest BCUT2D eigenvalue weighted by Crippen LogP contribution is 2.33. The maximum Gasteiger partial charge on any atom is 0.0663 e. The van der Waals surface area contributed by atoms with Gasteiger partial charge in [-0.05, 0) is 25.7 Å². The highest BCUT2D eigenvalue weighted by atomic mass is 16.5. The van der Waals surface area contributed by atoms with Crippen molar-refractivity contribution in [1.82, 2.24) is 5.01 Å². The summed E-state index contributed by atoms with van der Waals surface area (Å²) in [6, 6.07) is 0. The lowest BCUT2D eigenvalue weighted by molar-refractivity contribution is -0.0297. The highest BCUT2D eigenvalue weighted by Gasteiger charge is 2.40. The first-order valence-electron chi connectivity index (χ1n) is 4.44. The molecular formula is C8H16N2O. The van der Waals surface area contributed by atoms with Crippen LogP contribution in [0.25, 0.3) is 0 Å². The summed E-state index contributed by atoms with van der Waals surface area (Å²) in [4.78, 5) is 0. The second-order valence-electron chi connectivity index (χ2n) is 3.68. The summed E-state index contributed by atoms with van der Waals surface area (Å²) >= 11 is 0. The van der Waals surface area contributed by atoms with Gasteiger partial charge in [-0.2, -0.15) is 0 Å². The molecule has 2 rings (SSSR count). The molecule has 0 amide bonds. The fourth-order valence-corrected chi connectivity index (χ4v) is 2.22. The van der Waals surface area contributed by atoms with Gasteiger partial charge in [0.1, 0.15) is 0 Å². The molecule has 1 unspecified atom stereocenters. The van der Waals surface area contributed by atoms with Gasteiger partial charge in [0.05, 0.1) is 12.1 Å². The normalized spacial score (nSPS) is 40.1. The third kappa shape index (κ3) is 1.17. The molecule has 0 aromatic rings. The molecule has 0 saturated carbocycles. The summed E-state index contributed by atoms with van der Waals surface area (Å²) in [6.07, 6.45) is 4.86. The molecule has 2 N–H and O–H groups in total. The van der Waals surface area contributed by atoms with E-state index in [9.17, 15) is 0 Å². The lowest BCUT2D eigenvalue weighted by atomic mass is 9.91. The van der Waals surface area contributed by atoms with Crippen LogP contribution < -0.4 is 5.84 Å². The molecule has 3 heteroatoms. The fourth-order valence-electron chi connectivity index (χ4n) is 2.22. The van der Waals surface area contributed by atoms with Crippen LogP contribution in [0.5, 0.6) is 0 Å². The number of nitrogens with zero attached hydrogens (tertiary/aromatic N) is 1. The summed E-state index contributed by atoms with van der Waals surface area (Å²) in [6.45, 7) is 2.82. The lowest BCUT2D eigenvalue weighted by Gasteiger charge is -2.38. The molecule has 64 valence electrons. The maximum absolute atomic E-state index is 5.90. The number of hydrazine groups is 1. The van der Waals surface area contributed by atoms with Gasteiger partial charge in [0.15, 0.2) is 0 Å². The van der Waals surface area contributed by atoms with Crippen molar-refractivity contribution >= 4 is 0 Å². The zero-order valence-corrected chi connectivity index (χ0v) is 6.88. The van der Waals surface area contributed by atoms with Crippen molar-refractivity contribution in [1.29, 1.82) is 0 Å². The van der Waals surface area contributed by atoms with Crippen molar-refractivity contribution in [3.8, 4) is 0 Å². The molecule has 2 aliphatic heterocycles. The molecule has 1 spiro atoms. The molecule has 3 nitrogen and oxygen atoms in total. The largest absolute Gasteiger partial charge is 0.379 e. The van der Waals surface area contributed by atoms with Crippen LogP contribution in [0.2, 0.25) is 0 Å². The van der Waals surface area contributed by atoms with Crippen LogP contribution in [0, 0.1) is 0 Å². The Kier molecular flexibility index (Phi) is 1.87. The number of rotatable bonds is 0. The summed E-state index contributed by atoms with van der Waals surface area (Å²) in [5.74, 6) is 5.90. The van der Waals surface area contributed by atoms with Gasteiger partial charge in [-0.1, -0.05) is 0 Å². The van der Waals surface area contributed by atoms with E-state index in [2.05, 4.69) is 0 Å². The number of hydrogen-bond donors (Lipinski definition) is 1. The molecule has 2 saturated heterocycles. The number of ether oxygens (including phenoxy) is 1. The van der Waals surface area contributed by atoms with Crippen LogP contribution in [0.1, 0.15) is 25.7 Å². The van der Waals surface area contributed by atoms with Gasteiger partial charge < -0.3 is 4.74 Å². The van der Waals surface area contributed by atoms with E-state index in [-0.39, 0.29) is 5.54 Å². The Morgan fingerprint density at radius 2 is 2.09 bits per heavy atom. The first-order chi connectivity index (χ1) is 5.33. The van der Waals surface area contributed by atoms with Crippen LogP contribution >= 0.6 is 0 Å². The predicted molar refractivity (Wildman–Crippen MR) is 42.9 cm³/mol. The smallest absolute Gasteiger partial charge is 0.0663 e. The molecule has 2 fully saturated rings. The maximum atomic E-state index is 5.90. The summed E-state index contributed by atoms with van der Waals surface area (Å²) in [5.41, 5.74) is 0.220. The molecular weight excluding hydrogens is 140 g/mol. The van der Waals surface area contributed by atoms with E-state index in [1.807, 2.05) is 5.01 Å². The predicted octanol–water partition coefficient (Wildman–Crippen LogP) is 0.505. The van der Waals surface area contributed by atoms with E-state index in [0.29, 0.717) is 0 Å². The lowest BCUT2D eigenvalue weighted by Crippen LogP contribution is -2.53.